The lowest BCUT2D eigenvalue weighted by molar-refractivity contribution is -0.152. The number of amides is 1. The van der Waals surface area contributed by atoms with Crippen LogP contribution in [0.3, 0.4) is 0 Å². The normalized spacial score (nSPS) is 22.1. The molecule has 2 atom stereocenters. The van der Waals surface area contributed by atoms with Gasteiger partial charge in [-0.1, -0.05) is 30.3 Å². The highest BCUT2D eigenvalue weighted by Crippen LogP contribution is 2.36. The number of rotatable bonds is 6. The van der Waals surface area contributed by atoms with Gasteiger partial charge in [-0.15, -0.1) is 0 Å². The van der Waals surface area contributed by atoms with Crippen LogP contribution in [-0.4, -0.2) is 49.6 Å². The molecule has 2 N–H and O–H groups in total. The largest absolute Gasteiger partial charge is 0.481 e. The lowest BCUT2D eigenvalue weighted by atomic mass is 9.84. The van der Waals surface area contributed by atoms with Gasteiger partial charge < -0.3 is 10.0 Å². The Bertz CT molecular complexity index is 674. The predicted molar refractivity (Wildman–Crippen MR) is 84.1 cm³/mol. The molecule has 1 fully saturated rings. The van der Waals surface area contributed by atoms with Crippen molar-refractivity contribution in [1.82, 2.24) is 9.62 Å². The van der Waals surface area contributed by atoms with Crippen LogP contribution in [0.25, 0.3) is 0 Å². The molecule has 1 aromatic rings. The molecule has 1 saturated heterocycles. The number of benzene rings is 1. The minimum atomic E-state index is -3.36. The second-order valence-electron chi connectivity index (χ2n) is 5.59. The Balaban J connectivity index is 2.26. The lowest BCUT2D eigenvalue weighted by Crippen LogP contribution is -2.48. The minimum Gasteiger partial charge on any atom is -0.481 e. The number of carboxylic acid groups (broad SMARTS) is 1. The minimum absolute atomic E-state index is 0.0558. The average molecular weight is 340 g/mol. The van der Waals surface area contributed by atoms with Crippen molar-refractivity contribution in [2.24, 2.45) is 5.92 Å². The molecule has 1 aromatic carbocycles. The van der Waals surface area contributed by atoms with E-state index in [1.165, 1.54) is 4.90 Å². The zero-order chi connectivity index (χ0) is 17.0. The van der Waals surface area contributed by atoms with Crippen molar-refractivity contribution in [3.8, 4) is 0 Å². The van der Waals surface area contributed by atoms with Gasteiger partial charge in [0.15, 0.2) is 0 Å². The number of hydrogen-bond donors (Lipinski definition) is 2. The van der Waals surface area contributed by atoms with Gasteiger partial charge in [0.25, 0.3) is 0 Å². The molecule has 0 aliphatic carbocycles. The number of hydrogen-bond acceptors (Lipinski definition) is 4. The van der Waals surface area contributed by atoms with E-state index in [2.05, 4.69) is 4.72 Å². The third-order valence-corrected chi connectivity index (χ3v) is 4.61. The topological polar surface area (TPSA) is 104 Å². The second kappa shape index (κ2) is 7.10. The Kier molecular flexibility index (Phi) is 5.38. The van der Waals surface area contributed by atoms with Gasteiger partial charge in [0.1, 0.15) is 0 Å². The van der Waals surface area contributed by atoms with Gasteiger partial charge in [0.2, 0.25) is 15.9 Å². The van der Waals surface area contributed by atoms with Gasteiger partial charge in [-0.3, -0.25) is 9.59 Å². The van der Waals surface area contributed by atoms with E-state index in [0.717, 1.165) is 11.8 Å². The van der Waals surface area contributed by atoms with Gasteiger partial charge in [0.05, 0.1) is 18.2 Å². The van der Waals surface area contributed by atoms with Crippen LogP contribution >= 0.6 is 0 Å². The number of carbonyl (C=O) groups excluding carboxylic acids is 1. The van der Waals surface area contributed by atoms with E-state index in [-0.39, 0.29) is 31.8 Å². The maximum absolute atomic E-state index is 12.3. The third kappa shape index (κ3) is 4.52. The van der Waals surface area contributed by atoms with Crippen LogP contribution in [0.5, 0.6) is 0 Å². The van der Waals surface area contributed by atoms with Crippen LogP contribution in [0.4, 0.5) is 0 Å². The summed E-state index contributed by atoms with van der Waals surface area (Å²) in [6, 6.07) is 8.39. The predicted octanol–water partition coefficient (Wildman–Crippen LogP) is 0.600. The van der Waals surface area contributed by atoms with Crippen molar-refractivity contribution >= 4 is 21.9 Å². The van der Waals surface area contributed by atoms with Gasteiger partial charge in [-0.2, -0.15) is 0 Å². The molecule has 1 aliphatic rings. The van der Waals surface area contributed by atoms with Crippen LogP contribution in [0.2, 0.25) is 0 Å². The first-order valence-corrected chi connectivity index (χ1v) is 9.20. The van der Waals surface area contributed by atoms with E-state index < -0.39 is 28.0 Å². The highest BCUT2D eigenvalue weighted by Gasteiger charge is 2.40. The van der Waals surface area contributed by atoms with Gasteiger partial charge >= 0.3 is 5.97 Å². The van der Waals surface area contributed by atoms with Crippen LogP contribution < -0.4 is 4.72 Å². The summed E-state index contributed by atoms with van der Waals surface area (Å²) in [4.78, 5) is 25.3. The van der Waals surface area contributed by atoms with Crippen molar-refractivity contribution in [1.29, 1.82) is 0 Å². The van der Waals surface area contributed by atoms with Crippen LogP contribution in [-0.2, 0) is 19.6 Å². The average Bonchev–Trinajstić information content (AvgIpc) is 2.48. The summed E-state index contributed by atoms with van der Waals surface area (Å²) in [5, 5.41) is 9.48. The number of nitrogens with one attached hydrogen (secondary N) is 1. The monoisotopic (exact) mass is 340 g/mol. The van der Waals surface area contributed by atoms with Gasteiger partial charge in [-0.05, 0) is 12.0 Å². The van der Waals surface area contributed by atoms with Crippen molar-refractivity contribution in [2.45, 2.75) is 18.9 Å². The van der Waals surface area contributed by atoms with Crippen molar-refractivity contribution in [3.63, 3.8) is 0 Å². The number of nitrogens with zero attached hydrogens (tertiary/aromatic N) is 1. The molecule has 1 aliphatic heterocycles. The molecule has 0 aromatic heterocycles. The maximum atomic E-state index is 12.3. The van der Waals surface area contributed by atoms with Crippen molar-refractivity contribution in [3.05, 3.63) is 35.9 Å². The highest BCUT2D eigenvalue weighted by molar-refractivity contribution is 7.88. The fourth-order valence-electron chi connectivity index (χ4n) is 2.89. The summed E-state index contributed by atoms with van der Waals surface area (Å²) >= 11 is 0. The summed E-state index contributed by atoms with van der Waals surface area (Å²) in [5.74, 6) is -1.81. The lowest BCUT2D eigenvalue weighted by Gasteiger charge is -2.39. The number of carboxylic acids is 1. The first-order chi connectivity index (χ1) is 10.8. The van der Waals surface area contributed by atoms with Crippen LogP contribution in [0.15, 0.2) is 30.3 Å². The zero-order valence-electron chi connectivity index (χ0n) is 12.8. The molecule has 23 heavy (non-hydrogen) atoms. The van der Waals surface area contributed by atoms with Crippen molar-refractivity contribution < 1.29 is 23.1 Å². The summed E-state index contributed by atoms with van der Waals surface area (Å²) in [7, 11) is -3.36. The Labute approximate surface area is 135 Å². The quantitative estimate of drug-likeness (QED) is 0.789. The van der Waals surface area contributed by atoms with Gasteiger partial charge in [-0.25, -0.2) is 13.1 Å². The molecule has 0 saturated carbocycles. The summed E-state index contributed by atoms with van der Waals surface area (Å²) < 4.78 is 24.7. The standard InChI is InChI=1S/C15H20N2O5S/c1-23(21,22)16-9-10-17-13(18)8-7-12(15(19)20)14(17)11-5-3-2-4-6-11/h2-6,12,14,16H,7-10H2,1H3,(H,19,20)/t12-,14-/m1/s1. The number of likely N-dealkylation sites (tertiary alicyclic amines) is 1. The first-order valence-electron chi connectivity index (χ1n) is 7.31. The molecule has 126 valence electrons. The number of piperidine rings is 1. The molecule has 1 amide bonds. The van der Waals surface area contributed by atoms with Gasteiger partial charge in [0, 0.05) is 19.5 Å². The molecule has 1 heterocycles. The van der Waals surface area contributed by atoms with E-state index in [1.54, 1.807) is 24.3 Å². The van der Waals surface area contributed by atoms with Crippen LogP contribution in [0, 0.1) is 5.92 Å². The molecule has 0 spiro atoms. The molecule has 0 unspecified atom stereocenters. The zero-order valence-corrected chi connectivity index (χ0v) is 13.6. The Morgan fingerprint density at radius 3 is 2.57 bits per heavy atom. The SMILES string of the molecule is CS(=O)(=O)NCCN1C(=O)CC[C@@H](C(=O)O)[C@H]1c1ccccc1. The van der Waals surface area contributed by atoms with E-state index in [1.807, 2.05) is 6.07 Å². The fourth-order valence-corrected chi connectivity index (χ4v) is 3.35. The molecule has 0 bridgehead atoms. The smallest absolute Gasteiger partial charge is 0.308 e. The number of sulfonamides is 1. The molecule has 8 heteroatoms. The highest BCUT2D eigenvalue weighted by atomic mass is 32.2. The summed E-state index contributed by atoms with van der Waals surface area (Å²) in [6.07, 6.45) is 1.47. The van der Waals surface area contributed by atoms with E-state index in [4.69, 9.17) is 0 Å². The maximum Gasteiger partial charge on any atom is 0.308 e. The molecule has 2 rings (SSSR count). The summed E-state index contributed by atoms with van der Waals surface area (Å²) in [5.41, 5.74) is 0.743. The van der Waals surface area contributed by atoms with Crippen molar-refractivity contribution in [2.75, 3.05) is 19.3 Å². The summed E-state index contributed by atoms with van der Waals surface area (Å²) in [6.45, 7) is 0.190. The van der Waals surface area contributed by atoms with E-state index >= 15 is 0 Å². The van der Waals surface area contributed by atoms with E-state index in [0.29, 0.717) is 0 Å². The van der Waals surface area contributed by atoms with Crippen LogP contribution in [0.1, 0.15) is 24.4 Å². The van der Waals surface area contributed by atoms with E-state index in [9.17, 15) is 23.1 Å². The third-order valence-electron chi connectivity index (χ3n) is 3.88. The second-order valence-corrected chi connectivity index (χ2v) is 7.43. The Hall–Kier alpha value is -1.93. The number of aliphatic carboxylic acids is 1. The molecular formula is C15H20N2O5S. The molecular weight excluding hydrogens is 320 g/mol. The number of carbonyl (C=O) groups is 2. The Morgan fingerprint density at radius 2 is 2.00 bits per heavy atom. The Morgan fingerprint density at radius 1 is 1.35 bits per heavy atom. The molecule has 7 nitrogen and oxygen atoms in total. The fraction of sp³-hybridized carbons (Fsp3) is 0.467. The first kappa shape index (κ1) is 17.4. The molecule has 0 radical (unpaired) electrons.